The fraction of sp³-hybridized carbons (Fsp3) is 0.538. The number of halogens is 1. The molecule has 1 saturated carbocycles. The van der Waals surface area contributed by atoms with Gasteiger partial charge in [-0.2, -0.15) is 0 Å². The average Bonchev–Trinajstić information content (AvgIpc) is 2.99. The van der Waals surface area contributed by atoms with Crippen LogP contribution in [0.15, 0.2) is 28.7 Å². The molecule has 3 heteroatoms. The minimum absolute atomic E-state index is 0.0468. The molecule has 0 saturated heterocycles. The maximum Gasteiger partial charge on any atom is 0.0652 e. The minimum Gasteiger partial charge on any atom is -0.392 e. The summed E-state index contributed by atoms with van der Waals surface area (Å²) in [5, 5.41) is 10.3. The van der Waals surface area contributed by atoms with Crippen molar-refractivity contribution in [2.24, 2.45) is 17.6 Å². The van der Waals surface area contributed by atoms with Gasteiger partial charge in [0.1, 0.15) is 0 Å². The summed E-state index contributed by atoms with van der Waals surface area (Å²) in [6.45, 7) is 2.68. The molecule has 1 aromatic rings. The van der Waals surface area contributed by atoms with E-state index in [1.807, 2.05) is 24.3 Å². The lowest BCUT2D eigenvalue weighted by molar-refractivity contribution is 0.117. The molecule has 4 unspecified atom stereocenters. The zero-order chi connectivity index (χ0) is 11.7. The second kappa shape index (κ2) is 4.86. The van der Waals surface area contributed by atoms with Crippen LogP contribution in [0.5, 0.6) is 0 Å². The van der Waals surface area contributed by atoms with Crippen LogP contribution in [0.25, 0.3) is 0 Å². The van der Waals surface area contributed by atoms with E-state index in [-0.39, 0.29) is 12.0 Å². The monoisotopic (exact) mass is 283 g/mol. The lowest BCUT2D eigenvalue weighted by Gasteiger charge is -2.23. The normalized spacial score (nSPS) is 27.5. The molecule has 0 aliphatic heterocycles. The van der Waals surface area contributed by atoms with E-state index in [9.17, 15) is 5.11 Å². The molecule has 2 rings (SSSR count). The predicted molar refractivity (Wildman–Crippen MR) is 69.2 cm³/mol. The molecule has 0 spiro atoms. The SMILES string of the molecule is CC1CC1C(O)C(CN)c1ccccc1Br. The number of hydrogen-bond acceptors (Lipinski definition) is 2. The van der Waals surface area contributed by atoms with Crippen molar-refractivity contribution in [2.45, 2.75) is 25.4 Å². The summed E-state index contributed by atoms with van der Waals surface area (Å²) in [4.78, 5) is 0. The number of aliphatic hydroxyl groups is 1. The van der Waals surface area contributed by atoms with Crippen LogP contribution < -0.4 is 5.73 Å². The Bertz CT molecular complexity index is 369. The highest BCUT2D eigenvalue weighted by Crippen LogP contribution is 2.45. The number of nitrogens with two attached hydrogens (primary N) is 1. The molecule has 1 fully saturated rings. The third kappa shape index (κ3) is 2.31. The smallest absolute Gasteiger partial charge is 0.0652 e. The third-order valence-electron chi connectivity index (χ3n) is 3.58. The van der Waals surface area contributed by atoms with Crippen LogP contribution in [0.3, 0.4) is 0 Å². The lowest BCUT2D eigenvalue weighted by atomic mass is 9.90. The van der Waals surface area contributed by atoms with Crippen LogP contribution in [0.2, 0.25) is 0 Å². The fourth-order valence-electron chi connectivity index (χ4n) is 2.35. The molecule has 2 nitrogen and oxygen atoms in total. The van der Waals surface area contributed by atoms with Crippen molar-refractivity contribution in [3.63, 3.8) is 0 Å². The zero-order valence-electron chi connectivity index (χ0n) is 9.44. The molecule has 4 atom stereocenters. The number of hydrogen-bond donors (Lipinski definition) is 2. The number of benzene rings is 1. The van der Waals surface area contributed by atoms with E-state index in [1.54, 1.807) is 0 Å². The molecule has 0 aromatic heterocycles. The Morgan fingerprint density at radius 1 is 1.50 bits per heavy atom. The van der Waals surface area contributed by atoms with Crippen LogP contribution in [0.1, 0.15) is 24.8 Å². The van der Waals surface area contributed by atoms with Crippen LogP contribution in [0, 0.1) is 11.8 Å². The standard InChI is InChI=1S/C13H18BrNO/c1-8-6-10(8)13(16)11(7-15)9-4-2-3-5-12(9)14/h2-5,8,10-11,13,16H,6-7,15H2,1H3. The highest BCUT2D eigenvalue weighted by Gasteiger charge is 2.42. The van der Waals surface area contributed by atoms with Crippen LogP contribution in [0.4, 0.5) is 0 Å². The summed E-state index contributed by atoms with van der Waals surface area (Å²) in [5.74, 6) is 1.12. The molecule has 16 heavy (non-hydrogen) atoms. The molecular formula is C13H18BrNO. The van der Waals surface area contributed by atoms with Gasteiger partial charge in [0.05, 0.1) is 6.10 Å². The van der Waals surface area contributed by atoms with Gasteiger partial charge in [-0.05, 0) is 29.9 Å². The van der Waals surface area contributed by atoms with Crippen molar-refractivity contribution in [3.8, 4) is 0 Å². The van der Waals surface area contributed by atoms with E-state index in [2.05, 4.69) is 22.9 Å². The van der Waals surface area contributed by atoms with Gasteiger partial charge in [-0.1, -0.05) is 41.1 Å². The van der Waals surface area contributed by atoms with Crippen molar-refractivity contribution >= 4 is 15.9 Å². The van der Waals surface area contributed by atoms with Gasteiger partial charge in [-0.15, -0.1) is 0 Å². The second-order valence-electron chi connectivity index (χ2n) is 4.73. The molecule has 3 N–H and O–H groups in total. The molecule has 0 amide bonds. The van der Waals surface area contributed by atoms with Gasteiger partial charge in [0, 0.05) is 16.9 Å². The zero-order valence-corrected chi connectivity index (χ0v) is 11.0. The van der Waals surface area contributed by atoms with Crippen molar-refractivity contribution in [3.05, 3.63) is 34.3 Å². The third-order valence-corrected chi connectivity index (χ3v) is 4.30. The molecule has 1 aliphatic carbocycles. The fourth-order valence-corrected chi connectivity index (χ4v) is 2.93. The Hall–Kier alpha value is -0.380. The van der Waals surface area contributed by atoms with Gasteiger partial charge < -0.3 is 10.8 Å². The Balaban J connectivity index is 2.19. The van der Waals surface area contributed by atoms with E-state index in [0.29, 0.717) is 18.4 Å². The minimum atomic E-state index is -0.307. The quantitative estimate of drug-likeness (QED) is 0.892. The molecule has 1 aliphatic rings. The van der Waals surface area contributed by atoms with E-state index in [1.165, 1.54) is 0 Å². The van der Waals surface area contributed by atoms with Crippen molar-refractivity contribution < 1.29 is 5.11 Å². The first-order chi connectivity index (χ1) is 7.65. The first-order valence-corrected chi connectivity index (χ1v) is 6.57. The van der Waals surface area contributed by atoms with Crippen LogP contribution >= 0.6 is 15.9 Å². The molecule has 88 valence electrons. The Morgan fingerprint density at radius 2 is 2.12 bits per heavy atom. The first-order valence-electron chi connectivity index (χ1n) is 5.77. The highest BCUT2D eigenvalue weighted by molar-refractivity contribution is 9.10. The molecule has 0 bridgehead atoms. The summed E-state index contributed by atoms with van der Waals surface area (Å²) < 4.78 is 1.04. The first kappa shape index (κ1) is 12.1. The maximum absolute atomic E-state index is 10.3. The Labute approximate surface area is 105 Å². The molecule has 0 heterocycles. The van der Waals surface area contributed by atoms with E-state index < -0.39 is 0 Å². The van der Waals surface area contributed by atoms with E-state index >= 15 is 0 Å². The lowest BCUT2D eigenvalue weighted by Crippen LogP contribution is -2.28. The molecular weight excluding hydrogens is 266 g/mol. The van der Waals surface area contributed by atoms with Crippen LogP contribution in [-0.2, 0) is 0 Å². The van der Waals surface area contributed by atoms with Gasteiger partial charge in [0.15, 0.2) is 0 Å². The van der Waals surface area contributed by atoms with Gasteiger partial charge >= 0.3 is 0 Å². The molecule has 0 radical (unpaired) electrons. The summed E-state index contributed by atoms with van der Waals surface area (Å²) >= 11 is 3.52. The average molecular weight is 284 g/mol. The largest absolute Gasteiger partial charge is 0.392 e. The van der Waals surface area contributed by atoms with E-state index in [0.717, 1.165) is 16.5 Å². The van der Waals surface area contributed by atoms with Gasteiger partial charge in [-0.3, -0.25) is 0 Å². The summed E-state index contributed by atoms with van der Waals surface area (Å²) in [6.07, 6.45) is 0.820. The summed E-state index contributed by atoms with van der Waals surface area (Å²) in [6, 6.07) is 8.01. The van der Waals surface area contributed by atoms with Gasteiger partial charge in [-0.25, -0.2) is 0 Å². The molecule has 1 aromatic carbocycles. The summed E-state index contributed by atoms with van der Waals surface area (Å²) in [5.41, 5.74) is 6.93. The van der Waals surface area contributed by atoms with Crippen molar-refractivity contribution in [1.82, 2.24) is 0 Å². The maximum atomic E-state index is 10.3. The Kier molecular flexibility index (Phi) is 3.67. The number of rotatable bonds is 4. The number of aliphatic hydroxyl groups excluding tert-OH is 1. The van der Waals surface area contributed by atoms with Crippen LogP contribution in [-0.4, -0.2) is 17.8 Å². The Morgan fingerprint density at radius 3 is 2.62 bits per heavy atom. The van der Waals surface area contributed by atoms with Gasteiger partial charge in [0.25, 0.3) is 0 Å². The van der Waals surface area contributed by atoms with Gasteiger partial charge in [0.2, 0.25) is 0 Å². The summed E-state index contributed by atoms with van der Waals surface area (Å²) in [7, 11) is 0. The van der Waals surface area contributed by atoms with E-state index in [4.69, 9.17) is 5.73 Å². The predicted octanol–water partition coefficient (Wildman–Crippen LogP) is 2.51. The van der Waals surface area contributed by atoms with Crippen molar-refractivity contribution in [1.29, 1.82) is 0 Å². The highest BCUT2D eigenvalue weighted by atomic mass is 79.9. The second-order valence-corrected chi connectivity index (χ2v) is 5.59. The van der Waals surface area contributed by atoms with Crippen molar-refractivity contribution in [2.75, 3.05) is 6.54 Å². The topological polar surface area (TPSA) is 46.2 Å².